The number of aliphatic carboxylic acids is 1. The van der Waals surface area contributed by atoms with Crippen molar-refractivity contribution >= 4 is 22.9 Å². The Bertz CT molecular complexity index is 791. The monoisotopic (exact) mass is 355 g/mol. The predicted octanol–water partition coefficient (Wildman–Crippen LogP) is 3.93. The van der Waals surface area contributed by atoms with Crippen LogP contribution in [0.25, 0.3) is 11.1 Å². The number of carboxylic acid groups (broad SMARTS) is 1. The number of Topliss-reactive ketones (excluding diaryl/α,β-unsaturated/α-hetero) is 1. The van der Waals surface area contributed by atoms with E-state index >= 15 is 0 Å². The van der Waals surface area contributed by atoms with E-state index in [9.17, 15) is 27.9 Å². The smallest absolute Gasteiger partial charge is 0.391 e. The SMILES string of the molecule is O=C(O)C(C(=O)C1CCC(C(F)(F)F)CC1)c1ccc2ocnc2c1. The molecule has 1 aromatic heterocycles. The van der Waals surface area contributed by atoms with Crippen molar-refractivity contribution < 1.29 is 32.3 Å². The van der Waals surface area contributed by atoms with Crippen molar-refractivity contribution in [2.45, 2.75) is 37.8 Å². The van der Waals surface area contributed by atoms with Crippen LogP contribution in [-0.4, -0.2) is 28.0 Å². The zero-order chi connectivity index (χ0) is 18.2. The van der Waals surface area contributed by atoms with Gasteiger partial charge in [0, 0.05) is 5.92 Å². The molecule has 1 aliphatic carbocycles. The third kappa shape index (κ3) is 3.52. The molecule has 0 radical (unpaired) electrons. The summed E-state index contributed by atoms with van der Waals surface area (Å²) in [4.78, 5) is 28.2. The Morgan fingerprint density at radius 3 is 2.48 bits per heavy atom. The molecule has 1 unspecified atom stereocenters. The van der Waals surface area contributed by atoms with Gasteiger partial charge in [-0.2, -0.15) is 13.2 Å². The van der Waals surface area contributed by atoms with Crippen LogP contribution < -0.4 is 0 Å². The molecule has 1 aromatic carbocycles. The fourth-order valence-electron chi connectivity index (χ4n) is 3.42. The zero-order valence-corrected chi connectivity index (χ0v) is 13.1. The van der Waals surface area contributed by atoms with Crippen molar-refractivity contribution in [1.82, 2.24) is 4.98 Å². The van der Waals surface area contributed by atoms with Crippen LogP contribution in [0.1, 0.15) is 37.2 Å². The van der Waals surface area contributed by atoms with Crippen LogP contribution in [0.4, 0.5) is 13.2 Å². The van der Waals surface area contributed by atoms with Gasteiger partial charge in [-0.05, 0) is 43.4 Å². The van der Waals surface area contributed by atoms with Gasteiger partial charge in [0.25, 0.3) is 0 Å². The van der Waals surface area contributed by atoms with Crippen LogP contribution >= 0.6 is 0 Å². The lowest BCUT2D eigenvalue weighted by atomic mass is 9.75. The third-order valence-electron chi connectivity index (χ3n) is 4.81. The molecule has 3 rings (SSSR count). The number of hydrogen-bond donors (Lipinski definition) is 1. The van der Waals surface area contributed by atoms with E-state index in [1.807, 2.05) is 0 Å². The molecule has 8 heteroatoms. The largest absolute Gasteiger partial charge is 0.480 e. The van der Waals surface area contributed by atoms with E-state index < -0.39 is 35.7 Å². The van der Waals surface area contributed by atoms with Crippen molar-refractivity contribution in [3.8, 4) is 0 Å². The maximum Gasteiger partial charge on any atom is 0.391 e. The Kier molecular flexibility index (Phi) is 4.53. The van der Waals surface area contributed by atoms with E-state index in [4.69, 9.17) is 4.42 Å². The minimum absolute atomic E-state index is 0.0546. The second-order valence-corrected chi connectivity index (χ2v) is 6.34. The Hall–Kier alpha value is -2.38. The molecule has 0 saturated heterocycles. The number of fused-ring (bicyclic) bond motifs is 1. The van der Waals surface area contributed by atoms with E-state index in [0.717, 1.165) is 0 Å². The average Bonchev–Trinajstić information content (AvgIpc) is 3.01. The van der Waals surface area contributed by atoms with Crippen LogP contribution in [0.15, 0.2) is 29.0 Å². The van der Waals surface area contributed by atoms with Gasteiger partial charge in [-0.1, -0.05) is 6.07 Å². The molecule has 1 saturated carbocycles. The molecular formula is C17H16F3NO4. The summed E-state index contributed by atoms with van der Waals surface area (Å²) in [6.45, 7) is 0. The fourth-order valence-corrected chi connectivity index (χ4v) is 3.42. The number of aromatic nitrogens is 1. The lowest BCUT2D eigenvalue weighted by Crippen LogP contribution is -2.34. The predicted molar refractivity (Wildman–Crippen MR) is 80.9 cm³/mol. The van der Waals surface area contributed by atoms with Gasteiger partial charge in [0.15, 0.2) is 17.8 Å². The minimum atomic E-state index is -4.27. The molecule has 2 aromatic rings. The molecule has 0 spiro atoms. The van der Waals surface area contributed by atoms with E-state index in [1.165, 1.54) is 24.6 Å². The Labute approximate surface area is 140 Å². The highest BCUT2D eigenvalue weighted by Gasteiger charge is 2.44. The summed E-state index contributed by atoms with van der Waals surface area (Å²) in [6, 6.07) is 4.48. The number of rotatable bonds is 4. The van der Waals surface area contributed by atoms with Gasteiger partial charge in [-0.15, -0.1) is 0 Å². The topological polar surface area (TPSA) is 80.4 Å². The number of carbonyl (C=O) groups excluding carboxylic acids is 1. The number of alkyl halides is 3. The number of ketones is 1. The van der Waals surface area contributed by atoms with Gasteiger partial charge >= 0.3 is 12.1 Å². The number of oxazole rings is 1. The Balaban J connectivity index is 1.79. The fraction of sp³-hybridized carbons (Fsp3) is 0.471. The van der Waals surface area contributed by atoms with Crippen molar-refractivity contribution in [3.05, 3.63) is 30.2 Å². The highest BCUT2D eigenvalue weighted by Crippen LogP contribution is 2.41. The molecular weight excluding hydrogens is 339 g/mol. The highest BCUT2D eigenvalue weighted by molar-refractivity contribution is 6.05. The summed E-state index contributed by atoms with van der Waals surface area (Å²) in [7, 11) is 0. The number of halogens is 3. The van der Waals surface area contributed by atoms with E-state index in [1.54, 1.807) is 0 Å². The van der Waals surface area contributed by atoms with E-state index in [-0.39, 0.29) is 31.2 Å². The lowest BCUT2D eigenvalue weighted by molar-refractivity contribution is -0.184. The molecule has 1 aliphatic rings. The molecule has 1 N–H and O–H groups in total. The number of nitrogens with zero attached hydrogens (tertiary/aromatic N) is 1. The summed E-state index contributed by atoms with van der Waals surface area (Å²) in [5.74, 6) is -5.35. The van der Waals surface area contributed by atoms with Gasteiger partial charge in [0.1, 0.15) is 11.4 Å². The summed E-state index contributed by atoms with van der Waals surface area (Å²) in [6.07, 6.45) is -3.23. The van der Waals surface area contributed by atoms with Crippen LogP contribution in [0, 0.1) is 11.8 Å². The second kappa shape index (κ2) is 6.50. The van der Waals surface area contributed by atoms with Crippen LogP contribution in [0.3, 0.4) is 0 Å². The third-order valence-corrected chi connectivity index (χ3v) is 4.81. The van der Waals surface area contributed by atoms with Crippen LogP contribution in [0.2, 0.25) is 0 Å². The first-order valence-corrected chi connectivity index (χ1v) is 7.93. The van der Waals surface area contributed by atoms with Crippen LogP contribution in [0.5, 0.6) is 0 Å². The quantitative estimate of drug-likeness (QED) is 0.841. The first-order valence-electron chi connectivity index (χ1n) is 7.93. The van der Waals surface area contributed by atoms with E-state index in [2.05, 4.69) is 4.98 Å². The Morgan fingerprint density at radius 1 is 1.20 bits per heavy atom. The van der Waals surface area contributed by atoms with Gasteiger partial charge in [-0.25, -0.2) is 4.98 Å². The first kappa shape index (κ1) is 17.4. The number of carbonyl (C=O) groups is 2. The van der Waals surface area contributed by atoms with Crippen molar-refractivity contribution in [1.29, 1.82) is 0 Å². The molecule has 134 valence electrons. The molecule has 1 heterocycles. The van der Waals surface area contributed by atoms with E-state index in [0.29, 0.717) is 11.1 Å². The minimum Gasteiger partial charge on any atom is -0.480 e. The first-order chi connectivity index (χ1) is 11.8. The standard InChI is InChI=1S/C17H16F3NO4/c18-17(19,20)11-4-1-9(2-5-11)15(22)14(16(23)24)10-3-6-13-12(7-10)21-8-25-13/h3,6-9,11,14H,1-2,4-5H2,(H,23,24). The number of carboxylic acids is 1. The second-order valence-electron chi connectivity index (χ2n) is 6.34. The molecule has 0 amide bonds. The lowest BCUT2D eigenvalue weighted by Gasteiger charge is -2.30. The van der Waals surface area contributed by atoms with Gasteiger partial charge in [-0.3, -0.25) is 9.59 Å². The number of hydrogen-bond acceptors (Lipinski definition) is 4. The van der Waals surface area contributed by atoms with Crippen LogP contribution in [-0.2, 0) is 9.59 Å². The van der Waals surface area contributed by atoms with Crippen molar-refractivity contribution in [3.63, 3.8) is 0 Å². The summed E-state index contributed by atoms with van der Waals surface area (Å²) < 4.78 is 43.3. The molecule has 25 heavy (non-hydrogen) atoms. The maximum atomic E-state index is 12.7. The summed E-state index contributed by atoms with van der Waals surface area (Å²) in [5, 5.41) is 9.49. The van der Waals surface area contributed by atoms with Crippen molar-refractivity contribution in [2.24, 2.45) is 11.8 Å². The van der Waals surface area contributed by atoms with Gasteiger partial charge < -0.3 is 9.52 Å². The van der Waals surface area contributed by atoms with Gasteiger partial charge in [0.05, 0.1) is 5.92 Å². The molecule has 0 aliphatic heterocycles. The Morgan fingerprint density at radius 2 is 1.88 bits per heavy atom. The maximum absolute atomic E-state index is 12.7. The van der Waals surface area contributed by atoms with Gasteiger partial charge in [0.2, 0.25) is 0 Å². The number of benzene rings is 1. The molecule has 5 nitrogen and oxygen atoms in total. The molecule has 1 atom stereocenters. The molecule has 0 bridgehead atoms. The normalized spacial score (nSPS) is 22.7. The highest BCUT2D eigenvalue weighted by atomic mass is 19.4. The molecule has 1 fully saturated rings. The summed E-state index contributed by atoms with van der Waals surface area (Å²) >= 11 is 0. The zero-order valence-electron chi connectivity index (χ0n) is 13.1. The summed E-state index contributed by atoms with van der Waals surface area (Å²) in [5.41, 5.74) is 1.15. The average molecular weight is 355 g/mol. The van der Waals surface area contributed by atoms with Crippen molar-refractivity contribution in [2.75, 3.05) is 0 Å².